The summed E-state index contributed by atoms with van der Waals surface area (Å²) in [6.07, 6.45) is 3.48. The molecule has 0 aromatic heterocycles. The highest BCUT2D eigenvalue weighted by Crippen LogP contribution is 2.15. The first-order valence-electron chi connectivity index (χ1n) is 10.9. The molecule has 6 heteroatoms. The number of sulfonamides is 1. The molecule has 2 N–H and O–H groups in total. The molecule has 1 amide bonds. The maximum absolute atomic E-state index is 13.1. The first-order chi connectivity index (χ1) is 15.4. The van der Waals surface area contributed by atoms with Crippen LogP contribution in [-0.4, -0.2) is 20.4 Å². The summed E-state index contributed by atoms with van der Waals surface area (Å²) in [4.78, 5) is 13.2. The van der Waals surface area contributed by atoms with Crippen LogP contribution in [-0.2, 0) is 27.7 Å². The van der Waals surface area contributed by atoms with E-state index in [1.165, 1.54) is 5.56 Å². The van der Waals surface area contributed by atoms with Crippen LogP contribution in [0.25, 0.3) is 0 Å². The largest absolute Gasteiger partial charge is 0.325 e. The third-order valence-electron chi connectivity index (χ3n) is 5.27. The third kappa shape index (κ3) is 6.77. The van der Waals surface area contributed by atoms with Gasteiger partial charge in [-0.25, -0.2) is 8.42 Å². The fourth-order valence-corrected chi connectivity index (χ4v) is 4.57. The van der Waals surface area contributed by atoms with Crippen molar-refractivity contribution in [2.75, 3.05) is 5.32 Å². The van der Waals surface area contributed by atoms with Crippen molar-refractivity contribution in [1.82, 2.24) is 4.72 Å². The van der Waals surface area contributed by atoms with Gasteiger partial charge in [0.05, 0.1) is 4.90 Å². The molecule has 168 valence electrons. The van der Waals surface area contributed by atoms with Gasteiger partial charge in [-0.3, -0.25) is 4.79 Å². The Bertz CT molecular complexity index is 1110. The van der Waals surface area contributed by atoms with Gasteiger partial charge in [0.2, 0.25) is 15.9 Å². The molecule has 3 aromatic rings. The van der Waals surface area contributed by atoms with Crippen LogP contribution in [0.5, 0.6) is 0 Å². The second-order valence-electron chi connectivity index (χ2n) is 7.97. The van der Waals surface area contributed by atoms with Gasteiger partial charge >= 0.3 is 0 Å². The van der Waals surface area contributed by atoms with Gasteiger partial charge in [-0.05, 0) is 61.6 Å². The van der Waals surface area contributed by atoms with Crippen LogP contribution in [0.1, 0.15) is 36.5 Å². The van der Waals surface area contributed by atoms with Crippen molar-refractivity contribution in [2.45, 2.75) is 50.5 Å². The van der Waals surface area contributed by atoms with Crippen LogP contribution in [0.3, 0.4) is 0 Å². The Balaban J connectivity index is 1.78. The number of rotatable bonds is 10. The predicted octanol–water partition coefficient (Wildman–Crippen LogP) is 4.87. The first-order valence-corrected chi connectivity index (χ1v) is 12.4. The van der Waals surface area contributed by atoms with Crippen LogP contribution in [0.15, 0.2) is 83.8 Å². The van der Waals surface area contributed by atoms with Gasteiger partial charge in [-0.2, -0.15) is 4.72 Å². The number of benzene rings is 3. The Kier molecular flexibility index (Phi) is 8.20. The van der Waals surface area contributed by atoms with Crippen LogP contribution in [0, 0.1) is 6.92 Å². The molecule has 0 saturated heterocycles. The number of nitrogens with one attached hydrogen (secondary N) is 2. The Labute approximate surface area is 190 Å². The fraction of sp³-hybridized carbons (Fsp3) is 0.269. The van der Waals surface area contributed by atoms with E-state index in [-0.39, 0.29) is 11.3 Å². The number of anilines is 1. The minimum absolute atomic E-state index is 0.134. The molecule has 0 spiro atoms. The predicted molar refractivity (Wildman–Crippen MR) is 129 cm³/mol. The highest BCUT2D eigenvalue weighted by Gasteiger charge is 2.26. The van der Waals surface area contributed by atoms with E-state index in [0.717, 1.165) is 30.4 Å². The van der Waals surface area contributed by atoms with Gasteiger partial charge in [0.25, 0.3) is 0 Å². The van der Waals surface area contributed by atoms with Crippen molar-refractivity contribution < 1.29 is 13.2 Å². The molecule has 3 aromatic carbocycles. The van der Waals surface area contributed by atoms with Gasteiger partial charge in [-0.1, -0.05) is 73.5 Å². The normalized spacial score (nSPS) is 12.3. The molecule has 0 aliphatic rings. The number of aryl methyl sites for hydroxylation is 2. The van der Waals surface area contributed by atoms with Crippen molar-refractivity contribution in [2.24, 2.45) is 0 Å². The first kappa shape index (κ1) is 23.7. The summed E-state index contributed by atoms with van der Waals surface area (Å²) in [6.45, 7) is 4.04. The fourth-order valence-electron chi connectivity index (χ4n) is 3.38. The maximum atomic E-state index is 13.1. The van der Waals surface area contributed by atoms with Crippen LogP contribution < -0.4 is 10.0 Å². The molecule has 3 rings (SSSR count). The monoisotopic (exact) mass is 450 g/mol. The van der Waals surface area contributed by atoms with E-state index >= 15 is 0 Å². The molecule has 5 nitrogen and oxygen atoms in total. The van der Waals surface area contributed by atoms with Crippen LogP contribution in [0.4, 0.5) is 5.69 Å². The third-order valence-corrected chi connectivity index (χ3v) is 6.76. The smallest absolute Gasteiger partial charge is 0.242 e. The molecule has 0 saturated carbocycles. The zero-order valence-corrected chi connectivity index (χ0v) is 19.4. The molecule has 0 fully saturated rings. The number of amides is 1. The molecular formula is C26H30N2O3S. The summed E-state index contributed by atoms with van der Waals surface area (Å²) in [5.74, 6) is -0.397. The molecule has 0 aliphatic carbocycles. The lowest BCUT2D eigenvalue weighted by Gasteiger charge is -2.19. The second-order valence-corrected chi connectivity index (χ2v) is 9.68. The van der Waals surface area contributed by atoms with Crippen molar-refractivity contribution in [3.63, 3.8) is 0 Å². The molecule has 0 radical (unpaired) electrons. The highest BCUT2D eigenvalue weighted by molar-refractivity contribution is 7.89. The van der Waals surface area contributed by atoms with Crippen molar-refractivity contribution >= 4 is 21.6 Å². The van der Waals surface area contributed by atoms with E-state index in [2.05, 4.69) is 17.0 Å². The van der Waals surface area contributed by atoms with E-state index in [0.29, 0.717) is 5.69 Å². The van der Waals surface area contributed by atoms with Crippen molar-refractivity contribution in [3.8, 4) is 0 Å². The van der Waals surface area contributed by atoms with Gasteiger partial charge < -0.3 is 5.32 Å². The molecule has 1 atom stereocenters. The Morgan fingerprint density at radius 2 is 1.53 bits per heavy atom. The minimum Gasteiger partial charge on any atom is -0.325 e. The number of hydrogen-bond donors (Lipinski definition) is 2. The number of hydrogen-bond acceptors (Lipinski definition) is 3. The summed E-state index contributed by atoms with van der Waals surface area (Å²) in [5.41, 5.74) is 3.69. The van der Waals surface area contributed by atoms with Gasteiger partial charge in [0, 0.05) is 5.69 Å². The summed E-state index contributed by atoms with van der Waals surface area (Å²) in [7, 11) is -3.86. The van der Waals surface area contributed by atoms with Crippen molar-refractivity contribution in [3.05, 3.63) is 95.6 Å². The number of carbonyl (C=O) groups excluding carboxylic acids is 1. The van der Waals surface area contributed by atoms with E-state index < -0.39 is 22.0 Å². The minimum atomic E-state index is -3.86. The lowest BCUT2D eigenvalue weighted by atomic mass is 10.1. The molecule has 32 heavy (non-hydrogen) atoms. The highest BCUT2D eigenvalue weighted by atomic mass is 32.2. The average Bonchev–Trinajstić information content (AvgIpc) is 2.79. The summed E-state index contributed by atoms with van der Waals surface area (Å²) in [5, 5.41) is 2.86. The number of unbranched alkanes of at least 4 members (excludes halogenated alkanes) is 1. The number of carbonyl (C=O) groups is 1. The summed E-state index contributed by atoms with van der Waals surface area (Å²) < 4.78 is 28.5. The van der Waals surface area contributed by atoms with E-state index in [1.54, 1.807) is 24.3 Å². The van der Waals surface area contributed by atoms with Gasteiger partial charge in [0.15, 0.2) is 0 Å². The van der Waals surface area contributed by atoms with Gasteiger partial charge in [-0.15, -0.1) is 0 Å². The molecule has 0 heterocycles. The maximum Gasteiger partial charge on any atom is 0.242 e. The molecule has 0 aliphatic heterocycles. The summed E-state index contributed by atoms with van der Waals surface area (Å²) in [6, 6.07) is 22.7. The van der Waals surface area contributed by atoms with E-state index in [9.17, 15) is 13.2 Å². The Hall–Kier alpha value is -2.96. The van der Waals surface area contributed by atoms with Gasteiger partial charge in [0.1, 0.15) is 6.04 Å². The average molecular weight is 451 g/mol. The second kappa shape index (κ2) is 11.1. The zero-order chi connectivity index (χ0) is 23.0. The quantitative estimate of drug-likeness (QED) is 0.463. The molecule has 0 unspecified atom stereocenters. The van der Waals surface area contributed by atoms with E-state index in [1.807, 2.05) is 61.5 Å². The van der Waals surface area contributed by atoms with Crippen LogP contribution in [0.2, 0.25) is 0 Å². The topological polar surface area (TPSA) is 75.3 Å². The molecule has 0 bridgehead atoms. The zero-order valence-electron chi connectivity index (χ0n) is 18.5. The van der Waals surface area contributed by atoms with Crippen molar-refractivity contribution in [1.29, 1.82) is 0 Å². The summed E-state index contributed by atoms with van der Waals surface area (Å²) >= 11 is 0. The SMILES string of the molecule is CCCCc1ccc(NC(=O)[C@H](Cc2ccccc2)NS(=O)(=O)c2ccc(C)cc2)cc1. The Morgan fingerprint density at radius 1 is 0.875 bits per heavy atom. The standard InChI is InChI=1S/C26H30N2O3S/c1-3-4-8-21-13-15-23(16-14-21)27-26(29)25(19-22-9-6-5-7-10-22)28-32(30,31)24-17-11-20(2)12-18-24/h5-7,9-18,25,28H,3-4,8,19H2,1-2H3,(H,27,29)/t25-/m0/s1. The lowest BCUT2D eigenvalue weighted by molar-refractivity contribution is -0.117. The lowest BCUT2D eigenvalue weighted by Crippen LogP contribution is -2.45. The van der Waals surface area contributed by atoms with E-state index in [4.69, 9.17) is 0 Å². The van der Waals surface area contributed by atoms with Crippen LogP contribution >= 0.6 is 0 Å². The Morgan fingerprint density at radius 3 is 2.16 bits per heavy atom. The molecular weight excluding hydrogens is 420 g/mol.